The highest BCUT2D eigenvalue weighted by atomic mass is 32.1. The number of thiazole rings is 1. The molecule has 0 N–H and O–H groups in total. The molecule has 0 bridgehead atoms. The van der Waals surface area contributed by atoms with E-state index in [1.807, 2.05) is 43.3 Å². The molecule has 0 unspecified atom stereocenters. The van der Waals surface area contributed by atoms with Crippen molar-refractivity contribution in [1.82, 2.24) is 4.57 Å². The second-order valence-electron chi connectivity index (χ2n) is 5.67. The van der Waals surface area contributed by atoms with E-state index in [0.717, 1.165) is 27.4 Å². The Kier molecular flexibility index (Phi) is 5.28. The lowest BCUT2D eigenvalue weighted by atomic mass is 10.1. The third-order valence-electron chi connectivity index (χ3n) is 3.85. The molecule has 1 aromatic heterocycles. The number of aromatic nitrogens is 1. The van der Waals surface area contributed by atoms with Gasteiger partial charge in [-0.3, -0.25) is 9.59 Å². The van der Waals surface area contributed by atoms with Crippen molar-refractivity contribution in [3.8, 4) is 0 Å². The van der Waals surface area contributed by atoms with Gasteiger partial charge in [-0.1, -0.05) is 48.6 Å². The van der Waals surface area contributed by atoms with Crippen molar-refractivity contribution in [2.24, 2.45) is 4.99 Å². The largest absolute Gasteiger partial charge is 0.465 e. The van der Waals surface area contributed by atoms with Crippen LogP contribution in [0.5, 0.6) is 0 Å². The summed E-state index contributed by atoms with van der Waals surface area (Å²) in [6, 6.07) is 12.0. The monoisotopic (exact) mass is 356 g/mol. The van der Waals surface area contributed by atoms with Crippen LogP contribution in [0, 0.1) is 0 Å². The van der Waals surface area contributed by atoms with Crippen LogP contribution in [0.25, 0.3) is 21.0 Å². The predicted molar refractivity (Wildman–Crippen MR) is 99.4 cm³/mol. The van der Waals surface area contributed by atoms with Gasteiger partial charge in [-0.25, -0.2) is 0 Å². The minimum Gasteiger partial charge on any atom is -0.465 e. The molecule has 0 aliphatic carbocycles. The van der Waals surface area contributed by atoms with E-state index in [-0.39, 0.29) is 18.4 Å². The fraction of sp³-hybridized carbons (Fsp3) is 0.316. The molecular weight excluding hydrogens is 336 g/mol. The average molecular weight is 356 g/mol. The number of hydrogen-bond donors (Lipinski definition) is 0. The average Bonchev–Trinajstić information content (AvgIpc) is 2.93. The Balaban J connectivity index is 2.22. The lowest BCUT2D eigenvalue weighted by Crippen LogP contribution is -2.23. The maximum absolute atomic E-state index is 12.0. The van der Waals surface area contributed by atoms with Crippen LogP contribution in [0.4, 0.5) is 0 Å². The number of esters is 1. The van der Waals surface area contributed by atoms with Crippen LogP contribution in [-0.4, -0.2) is 23.1 Å². The Bertz CT molecular complexity index is 1000. The number of carbonyl (C=O) groups excluding carboxylic acids is 2. The molecule has 5 nitrogen and oxygen atoms in total. The molecule has 2 aromatic carbocycles. The molecule has 1 heterocycles. The quantitative estimate of drug-likeness (QED) is 0.656. The molecule has 0 saturated heterocycles. The molecule has 0 saturated carbocycles. The molecule has 0 spiro atoms. The third-order valence-corrected chi connectivity index (χ3v) is 4.98. The van der Waals surface area contributed by atoms with E-state index in [1.54, 1.807) is 11.5 Å². The summed E-state index contributed by atoms with van der Waals surface area (Å²) in [5.41, 5.74) is 0.889. The van der Waals surface area contributed by atoms with Gasteiger partial charge in [-0.15, -0.1) is 0 Å². The van der Waals surface area contributed by atoms with Gasteiger partial charge in [0.2, 0.25) is 5.91 Å². The van der Waals surface area contributed by atoms with Gasteiger partial charge in [-0.05, 0) is 24.8 Å². The van der Waals surface area contributed by atoms with Gasteiger partial charge in [0.25, 0.3) is 0 Å². The second kappa shape index (κ2) is 7.61. The SMILES string of the molecule is CCCC(=O)N=c1sc2c3ccccc3ccc2n1CC(=O)OCC. The molecule has 6 heteroatoms. The molecule has 1 amide bonds. The second-order valence-corrected chi connectivity index (χ2v) is 6.64. The number of hydrogen-bond acceptors (Lipinski definition) is 4. The van der Waals surface area contributed by atoms with E-state index in [2.05, 4.69) is 4.99 Å². The van der Waals surface area contributed by atoms with Crippen LogP contribution < -0.4 is 4.80 Å². The summed E-state index contributed by atoms with van der Waals surface area (Å²) in [5, 5.41) is 2.21. The number of rotatable bonds is 5. The molecule has 3 aromatic rings. The van der Waals surface area contributed by atoms with Gasteiger partial charge < -0.3 is 9.30 Å². The Morgan fingerprint density at radius 3 is 2.72 bits per heavy atom. The summed E-state index contributed by atoms with van der Waals surface area (Å²) >= 11 is 1.44. The van der Waals surface area contributed by atoms with Crippen LogP contribution >= 0.6 is 11.3 Å². The Morgan fingerprint density at radius 2 is 1.96 bits per heavy atom. The van der Waals surface area contributed by atoms with Crippen molar-refractivity contribution in [3.63, 3.8) is 0 Å². The number of fused-ring (bicyclic) bond motifs is 3. The minimum atomic E-state index is -0.334. The van der Waals surface area contributed by atoms with E-state index in [4.69, 9.17) is 4.74 Å². The number of carbonyl (C=O) groups is 2. The van der Waals surface area contributed by atoms with Crippen molar-refractivity contribution in [3.05, 3.63) is 41.2 Å². The summed E-state index contributed by atoms with van der Waals surface area (Å²) in [5.74, 6) is -0.504. The minimum absolute atomic E-state index is 0.0461. The lowest BCUT2D eigenvalue weighted by Gasteiger charge is -2.06. The highest BCUT2D eigenvalue weighted by Gasteiger charge is 2.14. The molecular formula is C19H20N2O3S. The molecule has 0 aliphatic heterocycles. The molecule has 0 fully saturated rings. The van der Waals surface area contributed by atoms with Crippen LogP contribution in [0.15, 0.2) is 41.4 Å². The van der Waals surface area contributed by atoms with E-state index in [1.165, 1.54) is 11.3 Å². The fourth-order valence-corrected chi connectivity index (χ4v) is 3.93. The maximum Gasteiger partial charge on any atom is 0.326 e. The zero-order valence-electron chi connectivity index (χ0n) is 14.3. The van der Waals surface area contributed by atoms with Crippen LogP contribution in [0.1, 0.15) is 26.7 Å². The molecule has 25 heavy (non-hydrogen) atoms. The Labute approximate surface area is 149 Å². The summed E-state index contributed by atoms with van der Waals surface area (Å²) in [7, 11) is 0. The fourth-order valence-electron chi connectivity index (χ4n) is 2.75. The summed E-state index contributed by atoms with van der Waals surface area (Å²) < 4.78 is 7.87. The number of benzene rings is 2. The van der Waals surface area contributed by atoms with Gasteiger partial charge in [-0.2, -0.15) is 4.99 Å². The van der Waals surface area contributed by atoms with Crippen LogP contribution in [0.3, 0.4) is 0 Å². The zero-order chi connectivity index (χ0) is 17.8. The van der Waals surface area contributed by atoms with E-state index in [0.29, 0.717) is 17.8 Å². The first kappa shape index (κ1) is 17.4. The first-order chi connectivity index (χ1) is 12.1. The molecule has 0 aliphatic rings. The van der Waals surface area contributed by atoms with Gasteiger partial charge >= 0.3 is 5.97 Å². The van der Waals surface area contributed by atoms with Crippen molar-refractivity contribution < 1.29 is 14.3 Å². The van der Waals surface area contributed by atoms with Gasteiger partial charge in [0.1, 0.15) is 6.54 Å². The van der Waals surface area contributed by atoms with Gasteiger partial charge in [0.15, 0.2) is 4.80 Å². The van der Waals surface area contributed by atoms with Crippen molar-refractivity contribution >= 4 is 44.2 Å². The summed E-state index contributed by atoms with van der Waals surface area (Å²) in [6.07, 6.45) is 1.14. The zero-order valence-corrected chi connectivity index (χ0v) is 15.1. The molecule has 0 radical (unpaired) electrons. The first-order valence-corrected chi connectivity index (χ1v) is 9.20. The van der Waals surface area contributed by atoms with Gasteiger partial charge in [0, 0.05) is 11.8 Å². The lowest BCUT2D eigenvalue weighted by molar-refractivity contribution is -0.143. The highest BCUT2D eigenvalue weighted by molar-refractivity contribution is 7.17. The predicted octanol–water partition coefficient (Wildman–Crippen LogP) is 3.65. The Morgan fingerprint density at radius 1 is 1.16 bits per heavy atom. The van der Waals surface area contributed by atoms with E-state index < -0.39 is 0 Å². The topological polar surface area (TPSA) is 60.7 Å². The molecule has 0 atom stereocenters. The van der Waals surface area contributed by atoms with Crippen LogP contribution in [-0.2, 0) is 20.9 Å². The first-order valence-electron chi connectivity index (χ1n) is 8.38. The maximum atomic E-state index is 12.0. The van der Waals surface area contributed by atoms with Gasteiger partial charge in [0.05, 0.1) is 16.8 Å². The Hall–Kier alpha value is -2.47. The van der Waals surface area contributed by atoms with Crippen molar-refractivity contribution in [2.75, 3.05) is 6.61 Å². The van der Waals surface area contributed by atoms with E-state index >= 15 is 0 Å². The molecule has 130 valence electrons. The number of nitrogens with zero attached hydrogens (tertiary/aromatic N) is 2. The van der Waals surface area contributed by atoms with E-state index in [9.17, 15) is 9.59 Å². The number of ether oxygens (including phenoxy) is 1. The van der Waals surface area contributed by atoms with Crippen molar-refractivity contribution in [1.29, 1.82) is 0 Å². The highest BCUT2D eigenvalue weighted by Crippen LogP contribution is 2.27. The van der Waals surface area contributed by atoms with Crippen LogP contribution in [0.2, 0.25) is 0 Å². The number of amides is 1. The smallest absolute Gasteiger partial charge is 0.326 e. The normalized spacial score (nSPS) is 12.0. The summed E-state index contributed by atoms with van der Waals surface area (Å²) in [6.45, 7) is 4.09. The summed E-state index contributed by atoms with van der Waals surface area (Å²) in [4.78, 5) is 28.8. The third kappa shape index (κ3) is 3.64. The molecule has 3 rings (SSSR count). The standard InChI is InChI=1S/C19H20N2O3S/c1-3-7-16(22)20-19-21(12-17(23)24-4-2)15-11-10-13-8-5-6-9-14(13)18(15)25-19/h5-6,8-11H,3-4,7,12H2,1-2H3. The van der Waals surface area contributed by atoms with Crippen molar-refractivity contribution in [2.45, 2.75) is 33.2 Å².